The van der Waals surface area contributed by atoms with Crippen molar-refractivity contribution in [1.82, 2.24) is 9.78 Å². The van der Waals surface area contributed by atoms with Gasteiger partial charge in [0.1, 0.15) is 5.82 Å². The van der Waals surface area contributed by atoms with Crippen LogP contribution in [0.15, 0.2) is 42.6 Å². The zero-order valence-corrected chi connectivity index (χ0v) is 14.9. The first-order valence-electron chi connectivity index (χ1n) is 9.02. The van der Waals surface area contributed by atoms with Crippen LogP contribution in [0, 0.1) is 0 Å². The Morgan fingerprint density at radius 2 is 1.81 bits per heavy atom. The summed E-state index contributed by atoms with van der Waals surface area (Å²) in [6.07, 6.45) is 10.9. The first kappa shape index (κ1) is 17.9. The van der Waals surface area contributed by atoms with Gasteiger partial charge >= 0.3 is 0 Å². The monoisotopic (exact) mass is 352 g/mol. The minimum Gasteiger partial charge on any atom is -0.326 e. The summed E-state index contributed by atoms with van der Waals surface area (Å²) in [5.74, 6) is 0.448. The second-order valence-corrected chi connectivity index (χ2v) is 6.58. The lowest BCUT2D eigenvalue weighted by Crippen LogP contribution is -2.19. The highest BCUT2D eigenvalue weighted by Gasteiger charge is 2.18. The molecule has 1 aliphatic carbocycles. The van der Waals surface area contributed by atoms with Gasteiger partial charge in [0, 0.05) is 24.8 Å². The van der Waals surface area contributed by atoms with Crippen LogP contribution in [0.2, 0.25) is 0 Å². The van der Waals surface area contributed by atoms with Gasteiger partial charge in [0.25, 0.3) is 0 Å². The Balaban J connectivity index is 1.59. The van der Waals surface area contributed by atoms with Crippen LogP contribution in [-0.2, 0) is 9.59 Å². The third kappa shape index (κ3) is 4.81. The molecule has 136 valence electrons. The molecule has 0 unspecified atom stereocenters. The molecule has 0 atom stereocenters. The Bertz CT molecular complexity index is 786. The zero-order valence-electron chi connectivity index (χ0n) is 14.9. The van der Waals surface area contributed by atoms with E-state index in [0.29, 0.717) is 6.04 Å². The molecule has 2 N–H and O–H groups in total. The molecule has 2 aromatic rings. The van der Waals surface area contributed by atoms with Crippen LogP contribution >= 0.6 is 0 Å². The SMILES string of the molecule is CC(=O)Nc1ccc(/C=C/C(=O)Nc2ccnn2C2CCCCC2)cc1. The molecule has 1 saturated carbocycles. The molecule has 0 radical (unpaired) electrons. The molecule has 6 heteroatoms. The van der Waals surface area contributed by atoms with Gasteiger partial charge in [-0.2, -0.15) is 5.10 Å². The van der Waals surface area contributed by atoms with Crippen molar-refractivity contribution in [1.29, 1.82) is 0 Å². The Morgan fingerprint density at radius 1 is 1.08 bits per heavy atom. The Morgan fingerprint density at radius 3 is 2.50 bits per heavy atom. The lowest BCUT2D eigenvalue weighted by molar-refractivity contribution is -0.114. The van der Waals surface area contributed by atoms with Crippen LogP contribution < -0.4 is 10.6 Å². The predicted octanol–water partition coefficient (Wildman–Crippen LogP) is 4.00. The van der Waals surface area contributed by atoms with Crippen LogP contribution in [0.3, 0.4) is 0 Å². The van der Waals surface area contributed by atoms with E-state index < -0.39 is 0 Å². The van der Waals surface area contributed by atoms with Gasteiger partial charge in [-0.25, -0.2) is 4.68 Å². The number of rotatable bonds is 5. The van der Waals surface area contributed by atoms with Crippen LogP contribution in [0.1, 0.15) is 50.6 Å². The van der Waals surface area contributed by atoms with Crippen LogP contribution in [0.4, 0.5) is 11.5 Å². The van der Waals surface area contributed by atoms with E-state index in [-0.39, 0.29) is 11.8 Å². The Labute approximate surface area is 153 Å². The molecule has 0 saturated heterocycles. The van der Waals surface area contributed by atoms with Gasteiger partial charge in [0.05, 0.1) is 12.2 Å². The fourth-order valence-corrected chi connectivity index (χ4v) is 3.25. The van der Waals surface area contributed by atoms with Crippen LogP contribution in [-0.4, -0.2) is 21.6 Å². The van der Waals surface area contributed by atoms with Gasteiger partial charge < -0.3 is 10.6 Å². The number of aromatic nitrogens is 2. The minimum absolute atomic E-state index is 0.109. The summed E-state index contributed by atoms with van der Waals surface area (Å²) < 4.78 is 1.94. The first-order valence-corrected chi connectivity index (χ1v) is 9.02. The highest BCUT2D eigenvalue weighted by Crippen LogP contribution is 2.29. The number of anilines is 2. The van der Waals surface area contributed by atoms with Gasteiger partial charge in [-0.3, -0.25) is 9.59 Å². The lowest BCUT2D eigenvalue weighted by atomic mass is 9.96. The maximum absolute atomic E-state index is 12.2. The number of hydrogen-bond donors (Lipinski definition) is 2. The third-order valence-corrected chi connectivity index (χ3v) is 4.50. The summed E-state index contributed by atoms with van der Waals surface area (Å²) in [4.78, 5) is 23.3. The molecule has 1 fully saturated rings. The van der Waals surface area contributed by atoms with Gasteiger partial charge in [0.2, 0.25) is 11.8 Å². The molecule has 1 aromatic heterocycles. The molecule has 2 amide bonds. The molecule has 1 aliphatic rings. The molecule has 26 heavy (non-hydrogen) atoms. The van der Waals surface area contributed by atoms with Crippen molar-refractivity contribution >= 4 is 29.4 Å². The number of amides is 2. The summed E-state index contributed by atoms with van der Waals surface area (Å²) in [7, 11) is 0. The molecule has 6 nitrogen and oxygen atoms in total. The maximum atomic E-state index is 12.2. The number of nitrogens with zero attached hydrogens (tertiary/aromatic N) is 2. The fourth-order valence-electron chi connectivity index (χ4n) is 3.25. The molecule has 0 spiro atoms. The van der Waals surface area contributed by atoms with Gasteiger partial charge in [-0.1, -0.05) is 31.4 Å². The van der Waals surface area contributed by atoms with Crippen molar-refractivity contribution < 1.29 is 9.59 Å². The van der Waals surface area contributed by atoms with E-state index in [1.807, 2.05) is 22.9 Å². The van der Waals surface area contributed by atoms with E-state index in [4.69, 9.17) is 0 Å². The highest BCUT2D eigenvalue weighted by molar-refractivity contribution is 6.01. The summed E-state index contributed by atoms with van der Waals surface area (Å²) in [5.41, 5.74) is 1.62. The molecular formula is C20H24N4O2. The minimum atomic E-state index is -0.187. The lowest BCUT2D eigenvalue weighted by Gasteiger charge is -2.23. The summed E-state index contributed by atoms with van der Waals surface area (Å²) >= 11 is 0. The third-order valence-electron chi connectivity index (χ3n) is 4.50. The fraction of sp³-hybridized carbons (Fsp3) is 0.350. The van der Waals surface area contributed by atoms with E-state index >= 15 is 0 Å². The van der Waals surface area contributed by atoms with Crippen molar-refractivity contribution in [2.24, 2.45) is 0 Å². The standard InChI is InChI=1S/C20H24N4O2/c1-15(25)22-17-10-7-16(8-11-17)9-12-20(26)23-19-13-14-21-24(19)18-5-3-2-4-6-18/h7-14,18H,2-6H2,1H3,(H,22,25)(H,23,26)/b12-9+. The first-order chi connectivity index (χ1) is 12.6. The molecular weight excluding hydrogens is 328 g/mol. The number of nitrogens with one attached hydrogen (secondary N) is 2. The van der Waals surface area contributed by atoms with Crippen molar-refractivity contribution in [3.8, 4) is 0 Å². The normalized spacial score (nSPS) is 15.1. The van der Waals surface area contributed by atoms with Crippen molar-refractivity contribution in [3.63, 3.8) is 0 Å². The maximum Gasteiger partial charge on any atom is 0.249 e. The average molecular weight is 352 g/mol. The zero-order chi connectivity index (χ0) is 18.4. The van der Waals surface area contributed by atoms with Gasteiger partial charge in [-0.05, 0) is 36.6 Å². The van der Waals surface area contributed by atoms with Crippen LogP contribution in [0.25, 0.3) is 6.08 Å². The van der Waals surface area contributed by atoms with E-state index in [9.17, 15) is 9.59 Å². The molecule has 1 heterocycles. The number of carbonyl (C=O) groups excluding carboxylic acids is 2. The molecule has 0 bridgehead atoms. The second kappa shape index (κ2) is 8.47. The van der Waals surface area contributed by atoms with Crippen molar-refractivity contribution in [2.75, 3.05) is 10.6 Å². The average Bonchev–Trinajstić information content (AvgIpc) is 3.09. The van der Waals surface area contributed by atoms with E-state index in [2.05, 4.69) is 15.7 Å². The smallest absolute Gasteiger partial charge is 0.249 e. The highest BCUT2D eigenvalue weighted by atomic mass is 16.2. The summed E-state index contributed by atoms with van der Waals surface area (Å²) in [6, 6.07) is 9.51. The Kier molecular flexibility index (Phi) is 5.84. The van der Waals surface area contributed by atoms with Gasteiger partial charge in [-0.15, -0.1) is 0 Å². The van der Waals surface area contributed by atoms with Crippen molar-refractivity contribution in [2.45, 2.75) is 45.1 Å². The molecule has 0 aliphatic heterocycles. The van der Waals surface area contributed by atoms with E-state index in [1.54, 1.807) is 24.4 Å². The number of hydrogen-bond acceptors (Lipinski definition) is 3. The van der Waals surface area contributed by atoms with Crippen LogP contribution in [0.5, 0.6) is 0 Å². The predicted molar refractivity (Wildman–Crippen MR) is 103 cm³/mol. The van der Waals surface area contributed by atoms with Crippen molar-refractivity contribution in [3.05, 3.63) is 48.2 Å². The topological polar surface area (TPSA) is 76.0 Å². The summed E-state index contributed by atoms with van der Waals surface area (Å²) in [6.45, 7) is 1.47. The van der Waals surface area contributed by atoms with E-state index in [1.165, 1.54) is 32.3 Å². The largest absolute Gasteiger partial charge is 0.326 e. The van der Waals surface area contributed by atoms with Gasteiger partial charge in [0.15, 0.2) is 0 Å². The summed E-state index contributed by atoms with van der Waals surface area (Å²) in [5, 5.41) is 10.0. The van der Waals surface area contributed by atoms with E-state index in [0.717, 1.165) is 29.9 Å². The number of carbonyl (C=O) groups is 2. The second-order valence-electron chi connectivity index (χ2n) is 6.58. The molecule has 3 rings (SSSR count). The number of benzene rings is 1. The molecule has 1 aromatic carbocycles. The quantitative estimate of drug-likeness (QED) is 0.799. The Hall–Kier alpha value is -2.89.